The van der Waals surface area contributed by atoms with E-state index in [-0.39, 0.29) is 23.9 Å². The Labute approximate surface area is 150 Å². The van der Waals surface area contributed by atoms with Crippen molar-refractivity contribution in [2.45, 2.75) is 64.3 Å². The van der Waals surface area contributed by atoms with E-state index in [1.807, 2.05) is 26.0 Å². The summed E-state index contributed by atoms with van der Waals surface area (Å²) in [6, 6.07) is 6.31. The molecule has 3 heteroatoms. The molecule has 3 rings (SSSR count). The second-order valence-electron chi connectivity index (χ2n) is 7.24. The summed E-state index contributed by atoms with van der Waals surface area (Å²) in [5.74, 6) is 7.13. The lowest BCUT2D eigenvalue weighted by atomic mass is 9.86. The van der Waals surface area contributed by atoms with Gasteiger partial charge in [0, 0.05) is 30.2 Å². The van der Waals surface area contributed by atoms with Gasteiger partial charge in [-0.25, -0.2) is 0 Å². The molecule has 0 saturated heterocycles. The predicted molar refractivity (Wildman–Crippen MR) is 99.5 cm³/mol. The van der Waals surface area contributed by atoms with Crippen LogP contribution in [0.1, 0.15) is 50.7 Å². The maximum atomic E-state index is 10.5. The molecular weight excluding hydrogens is 312 g/mol. The molecule has 0 radical (unpaired) electrons. The average molecular weight is 340 g/mol. The summed E-state index contributed by atoms with van der Waals surface area (Å²) in [6.45, 7) is 5.94. The summed E-state index contributed by atoms with van der Waals surface area (Å²) in [4.78, 5) is 0. The first kappa shape index (κ1) is 18.0. The Kier molecular flexibility index (Phi) is 5.51. The number of rotatable bonds is 5. The zero-order valence-corrected chi connectivity index (χ0v) is 15.3. The molecule has 0 bridgehead atoms. The quantitative estimate of drug-likeness (QED) is 0.638. The summed E-state index contributed by atoms with van der Waals surface area (Å²) >= 11 is 0. The minimum absolute atomic E-state index is 0.0162. The Morgan fingerprint density at radius 2 is 2.20 bits per heavy atom. The van der Waals surface area contributed by atoms with Crippen LogP contribution >= 0.6 is 0 Å². The van der Waals surface area contributed by atoms with Gasteiger partial charge in [-0.1, -0.05) is 44.2 Å². The molecule has 25 heavy (non-hydrogen) atoms. The lowest BCUT2D eigenvalue weighted by Crippen LogP contribution is -2.19. The van der Waals surface area contributed by atoms with Gasteiger partial charge in [-0.05, 0) is 24.8 Å². The third kappa shape index (κ3) is 3.47. The maximum absolute atomic E-state index is 10.5. The molecule has 0 aromatic heterocycles. The van der Waals surface area contributed by atoms with E-state index in [0.29, 0.717) is 12.8 Å². The Hall–Kier alpha value is -1.76. The summed E-state index contributed by atoms with van der Waals surface area (Å²) in [7, 11) is 0. The van der Waals surface area contributed by atoms with Gasteiger partial charge in [-0.2, -0.15) is 0 Å². The molecule has 1 aliphatic carbocycles. The number of aliphatic hydroxyl groups excluding tert-OH is 2. The van der Waals surface area contributed by atoms with Gasteiger partial charge in [0.1, 0.15) is 11.9 Å². The highest BCUT2D eigenvalue weighted by Gasteiger charge is 2.48. The van der Waals surface area contributed by atoms with E-state index in [9.17, 15) is 10.2 Å². The van der Waals surface area contributed by atoms with E-state index in [1.54, 1.807) is 0 Å². The Balaban J connectivity index is 1.79. The molecule has 1 aromatic carbocycles. The number of fused-ring (bicyclic) bond motifs is 3. The molecule has 2 N–H and O–H groups in total. The number of ether oxygens (including phenoxy) is 1. The van der Waals surface area contributed by atoms with E-state index >= 15 is 0 Å². The second-order valence-corrected chi connectivity index (χ2v) is 7.24. The maximum Gasteiger partial charge on any atom is 0.126 e. The highest BCUT2D eigenvalue weighted by atomic mass is 16.5. The molecule has 0 unspecified atom stereocenters. The van der Waals surface area contributed by atoms with Gasteiger partial charge in [0.15, 0.2) is 0 Å². The van der Waals surface area contributed by atoms with Crippen molar-refractivity contribution in [1.82, 2.24) is 0 Å². The monoisotopic (exact) mass is 340 g/mol. The normalized spacial score (nSPS) is 29.5. The van der Waals surface area contributed by atoms with Gasteiger partial charge < -0.3 is 14.9 Å². The van der Waals surface area contributed by atoms with Crippen LogP contribution in [0.15, 0.2) is 30.4 Å². The molecule has 0 amide bonds. The summed E-state index contributed by atoms with van der Waals surface area (Å²) in [6.07, 6.45) is 5.15. The number of aryl methyl sites for hydroxylation is 1. The molecule has 0 spiro atoms. The molecule has 134 valence electrons. The van der Waals surface area contributed by atoms with Gasteiger partial charge >= 0.3 is 0 Å². The van der Waals surface area contributed by atoms with Crippen LogP contribution in [0, 0.1) is 23.7 Å². The van der Waals surface area contributed by atoms with E-state index < -0.39 is 12.2 Å². The molecule has 3 nitrogen and oxygen atoms in total. The lowest BCUT2D eigenvalue weighted by Gasteiger charge is -2.19. The minimum atomic E-state index is -0.545. The van der Waals surface area contributed by atoms with Crippen molar-refractivity contribution < 1.29 is 14.9 Å². The summed E-state index contributed by atoms with van der Waals surface area (Å²) < 4.78 is 6.19. The van der Waals surface area contributed by atoms with Crippen LogP contribution in [0.3, 0.4) is 0 Å². The van der Waals surface area contributed by atoms with Gasteiger partial charge in [-0.3, -0.25) is 0 Å². The zero-order valence-electron chi connectivity index (χ0n) is 15.3. The number of hydrogen-bond acceptors (Lipinski definition) is 3. The van der Waals surface area contributed by atoms with E-state index in [2.05, 4.69) is 37.0 Å². The fourth-order valence-corrected chi connectivity index (χ4v) is 4.06. The number of para-hydroxylation sites is 1. The van der Waals surface area contributed by atoms with Gasteiger partial charge in [0.25, 0.3) is 0 Å². The highest BCUT2D eigenvalue weighted by Crippen LogP contribution is 2.51. The third-order valence-electron chi connectivity index (χ3n) is 5.58. The van der Waals surface area contributed by atoms with Crippen LogP contribution in [0.25, 0.3) is 0 Å². The van der Waals surface area contributed by atoms with E-state index in [1.165, 1.54) is 11.1 Å². The fraction of sp³-hybridized carbons (Fsp3) is 0.545. The lowest BCUT2D eigenvalue weighted by molar-refractivity contribution is 0.134. The van der Waals surface area contributed by atoms with E-state index in [4.69, 9.17) is 4.74 Å². The fourth-order valence-electron chi connectivity index (χ4n) is 4.06. The van der Waals surface area contributed by atoms with Gasteiger partial charge in [0.05, 0.1) is 12.2 Å². The van der Waals surface area contributed by atoms with E-state index in [0.717, 1.165) is 12.2 Å². The van der Waals surface area contributed by atoms with Crippen LogP contribution in [-0.2, 0) is 6.42 Å². The van der Waals surface area contributed by atoms with Gasteiger partial charge in [0.2, 0.25) is 0 Å². The topological polar surface area (TPSA) is 49.7 Å². The largest absolute Gasteiger partial charge is 0.489 e. The van der Waals surface area contributed by atoms with Crippen molar-refractivity contribution in [1.29, 1.82) is 0 Å². The first-order chi connectivity index (χ1) is 12.1. The molecule has 1 saturated carbocycles. The smallest absolute Gasteiger partial charge is 0.126 e. The van der Waals surface area contributed by atoms with Crippen molar-refractivity contribution in [2.24, 2.45) is 11.8 Å². The standard InChI is InChI=1S/C22H28O3/c1-4-6-8-14(3)18(23)12-11-16-19(24)13-20-21(16)17-10-7-9-15(5-2)22(17)25-20/h7,9-12,14,16,18-21,23-24H,5,8,13H2,1-3H3/b12-11+/t14-,16-,18+,19+,20-,21-/m0/s1. The zero-order chi connectivity index (χ0) is 18.0. The second kappa shape index (κ2) is 7.64. The van der Waals surface area contributed by atoms with Crippen molar-refractivity contribution in [3.63, 3.8) is 0 Å². The summed E-state index contributed by atoms with van der Waals surface area (Å²) in [5, 5.41) is 20.8. The minimum Gasteiger partial charge on any atom is -0.489 e. The van der Waals surface area contributed by atoms with Crippen LogP contribution < -0.4 is 4.74 Å². The number of hydrogen-bond donors (Lipinski definition) is 2. The highest BCUT2D eigenvalue weighted by molar-refractivity contribution is 5.49. The summed E-state index contributed by atoms with van der Waals surface area (Å²) in [5.41, 5.74) is 2.44. The number of aliphatic hydroxyl groups is 2. The Bertz CT molecular complexity index is 697. The average Bonchev–Trinajstić information content (AvgIpc) is 3.12. The SMILES string of the molecule is CC#CC[C@H](C)[C@H](O)/C=C/[C@@H]1[C@H]2c3cccc(CC)c3O[C@H]2C[C@H]1O. The third-order valence-corrected chi connectivity index (χ3v) is 5.58. The van der Waals surface area contributed by atoms with Crippen LogP contribution in [0.2, 0.25) is 0 Å². The molecule has 1 fully saturated rings. The molecule has 1 aliphatic heterocycles. The molecule has 1 aromatic rings. The van der Waals surface area contributed by atoms with Crippen molar-refractivity contribution in [2.75, 3.05) is 0 Å². The molecule has 1 heterocycles. The van der Waals surface area contributed by atoms with Gasteiger partial charge in [-0.15, -0.1) is 11.8 Å². The predicted octanol–water partition coefficient (Wildman–Crippen LogP) is 3.44. The first-order valence-electron chi connectivity index (χ1n) is 9.29. The Morgan fingerprint density at radius 3 is 2.92 bits per heavy atom. The van der Waals surface area contributed by atoms with Crippen LogP contribution in [-0.4, -0.2) is 28.5 Å². The van der Waals surface area contributed by atoms with Crippen molar-refractivity contribution in [3.05, 3.63) is 41.5 Å². The molecule has 2 aliphatic rings. The van der Waals surface area contributed by atoms with Crippen LogP contribution in [0.4, 0.5) is 0 Å². The van der Waals surface area contributed by atoms with Crippen molar-refractivity contribution in [3.8, 4) is 17.6 Å². The molecular formula is C22H28O3. The van der Waals surface area contributed by atoms with Crippen molar-refractivity contribution >= 4 is 0 Å². The number of benzene rings is 1. The van der Waals surface area contributed by atoms with Crippen LogP contribution in [0.5, 0.6) is 5.75 Å². The Morgan fingerprint density at radius 1 is 1.40 bits per heavy atom. The molecule has 6 atom stereocenters. The first-order valence-corrected chi connectivity index (χ1v) is 9.29.